The molecular formula is C14H17N3O3. The zero-order valence-electron chi connectivity index (χ0n) is 11.1. The summed E-state index contributed by atoms with van der Waals surface area (Å²) in [6.45, 7) is -0.0305. The standard InChI is InChI=1S/C14H17N3O3/c18-12(16-10-3-4-10)8-20-13-6-5-11(7-15-13)17-14(19)9-1-2-9/h5-7,9-10H,1-4,8H2,(H,16,18)(H,17,19). The van der Waals surface area contributed by atoms with Gasteiger partial charge in [0.25, 0.3) is 5.91 Å². The molecule has 6 heteroatoms. The Labute approximate surface area is 116 Å². The fourth-order valence-electron chi connectivity index (χ4n) is 1.77. The zero-order valence-corrected chi connectivity index (χ0v) is 11.1. The van der Waals surface area contributed by atoms with Gasteiger partial charge in [-0.15, -0.1) is 0 Å². The van der Waals surface area contributed by atoms with E-state index in [-0.39, 0.29) is 24.3 Å². The Balaban J connectivity index is 1.45. The lowest BCUT2D eigenvalue weighted by molar-refractivity contribution is -0.123. The van der Waals surface area contributed by atoms with Gasteiger partial charge < -0.3 is 15.4 Å². The van der Waals surface area contributed by atoms with E-state index in [1.165, 1.54) is 6.20 Å². The minimum atomic E-state index is -0.125. The molecule has 1 aromatic rings. The molecule has 2 saturated carbocycles. The van der Waals surface area contributed by atoms with Crippen molar-refractivity contribution in [3.63, 3.8) is 0 Å². The predicted octanol–water partition coefficient (Wildman–Crippen LogP) is 1.09. The summed E-state index contributed by atoms with van der Waals surface area (Å²) in [5, 5.41) is 5.63. The van der Waals surface area contributed by atoms with Gasteiger partial charge in [-0.05, 0) is 31.7 Å². The first-order valence-electron chi connectivity index (χ1n) is 6.90. The second-order valence-corrected chi connectivity index (χ2v) is 5.28. The number of hydrogen-bond donors (Lipinski definition) is 2. The summed E-state index contributed by atoms with van der Waals surface area (Å²) in [6, 6.07) is 3.70. The molecule has 2 amide bonds. The summed E-state index contributed by atoms with van der Waals surface area (Å²) in [5.74, 6) is 0.460. The van der Waals surface area contributed by atoms with Crippen molar-refractivity contribution in [3.05, 3.63) is 18.3 Å². The lowest BCUT2D eigenvalue weighted by atomic mass is 10.3. The molecule has 3 rings (SSSR count). The first kappa shape index (κ1) is 12.9. The Morgan fingerprint density at radius 2 is 2.05 bits per heavy atom. The second kappa shape index (κ2) is 5.48. The maximum Gasteiger partial charge on any atom is 0.258 e. The van der Waals surface area contributed by atoms with Gasteiger partial charge in [-0.1, -0.05) is 0 Å². The molecule has 2 aliphatic rings. The van der Waals surface area contributed by atoms with E-state index in [0.29, 0.717) is 17.6 Å². The molecule has 2 aliphatic carbocycles. The molecule has 6 nitrogen and oxygen atoms in total. The van der Waals surface area contributed by atoms with E-state index in [4.69, 9.17) is 4.74 Å². The molecule has 2 fully saturated rings. The quantitative estimate of drug-likeness (QED) is 0.814. The van der Waals surface area contributed by atoms with Gasteiger partial charge in [-0.2, -0.15) is 0 Å². The number of rotatable bonds is 6. The molecule has 0 unspecified atom stereocenters. The molecule has 0 radical (unpaired) electrons. The van der Waals surface area contributed by atoms with E-state index >= 15 is 0 Å². The fourth-order valence-corrected chi connectivity index (χ4v) is 1.77. The summed E-state index contributed by atoms with van der Waals surface area (Å²) in [4.78, 5) is 27.1. The molecule has 0 aromatic carbocycles. The van der Waals surface area contributed by atoms with E-state index in [1.54, 1.807) is 12.1 Å². The number of carbonyl (C=O) groups excluding carboxylic acids is 2. The third-order valence-electron chi connectivity index (χ3n) is 3.25. The number of carbonyl (C=O) groups is 2. The summed E-state index contributed by atoms with van der Waals surface area (Å²) in [6.07, 6.45) is 5.58. The van der Waals surface area contributed by atoms with E-state index in [9.17, 15) is 9.59 Å². The minimum absolute atomic E-state index is 0.0305. The predicted molar refractivity (Wildman–Crippen MR) is 72.3 cm³/mol. The van der Waals surface area contributed by atoms with Crippen LogP contribution in [0.3, 0.4) is 0 Å². The molecule has 106 valence electrons. The Morgan fingerprint density at radius 3 is 2.65 bits per heavy atom. The van der Waals surface area contributed by atoms with Crippen LogP contribution in [-0.4, -0.2) is 29.4 Å². The monoisotopic (exact) mass is 275 g/mol. The van der Waals surface area contributed by atoms with Crippen molar-refractivity contribution < 1.29 is 14.3 Å². The van der Waals surface area contributed by atoms with Crippen LogP contribution in [0.25, 0.3) is 0 Å². The average molecular weight is 275 g/mol. The topological polar surface area (TPSA) is 80.3 Å². The van der Waals surface area contributed by atoms with Crippen LogP contribution in [0.2, 0.25) is 0 Å². The van der Waals surface area contributed by atoms with Gasteiger partial charge in [0.1, 0.15) is 0 Å². The Kier molecular flexibility index (Phi) is 3.54. The highest BCUT2D eigenvalue weighted by atomic mass is 16.5. The molecule has 1 heterocycles. The molecule has 0 spiro atoms. The summed E-state index contributed by atoms with van der Waals surface area (Å²) < 4.78 is 5.28. The molecule has 20 heavy (non-hydrogen) atoms. The number of amides is 2. The van der Waals surface area contributed by atoms with Gasteiger partial charge in [0.05, 0.1) is 11.9 Å². The van der Waals surface area contributed by atoms with Crippen LogP contribution in [0.15, 0.2) is 18.3 Å². The molecule has 2 N–H and O–H groups in total. The average Bonchev–Trinajstić information content (AvgIpc) is 3.30. The zero-order chi connectivity index (χ0) is 13.9. The van der Waals surface area contributed by atoms with E-state index in [0.717, 1.165) is 25.7 Å². The van der Waals surface area contributed by atoms with Crippen LogP contribution in [0.5, 0.6) is 5.88 Å². The van der Waals surface area contributed by atoms with Crippen LogP contribution in [0, 0.1) is 5.92 Å². The van der Waals surface area contributed by atoms with Gasteiger partial charge in [0.2, 0.25) is 11.8 Å². The molecule has 0 saturated heterocycles. The number of aromatic nitrogens is 1. The first-order valence-corrected chi connectivity index (χ1v) is 6.90. The van der Waals surface area contributed by atoms with Gasteiger partial charge in [-0.25, -0.2) is 4.98 Å². The minimum Gasteiger partial charge on any atom is -0.468 e. The van der Waals surface area contributed by atoms with Crippen LogP contribution in [0.4, 0.5) is 5.69 Å². The van der Waals surface area contributed by atoms with Crippen LogP contribution < -0.4 is 15.4 Å². The summed E-state index contributed by atoms with van der Waals surface area (Å²) in [7, 11) is 0. The maximum atomic E-state index is 11.6. The normalized spacial score (nSPS) is 17.4. The van der Waals surface area contributed by atoms with Crippen molar-refractivity contribution in [2.45, 2.75) is 31.7 Å². The largest absolute Gasteiger partial charge is 0.468 e. The number of nitrogens with one attached hydrogen (secondary N) is 2. The third-order valence-corrected chi connectivity index (χ3v) is 3.25. The molecule has 0 atom stereocenters. The van der Waals surface area contributed by atoms with Gasteiger partial charge >= 0.3 is 0 Å². The number of anilines is 1. The van der Waals surface area contributed by atoms with Crippen LogP contribution >= 0.6 is 0 Å². The van der Waals surface area contributed by atoms with Crippen molar-refractivity contribution in [1.29, 1.82) is 0 Å². The van der Waals surface area contributed by atoms with Gasteiger partial charge in [-0.3, -0.25) is 9.59 Å². The second-order valence-electron chi connectivity index (χ2n) is 5.28. The summed E-state index contributed by atoms with van der Waals surface area (Å²) >= 11 is 0. The highest BCUT2D eigenvalue weighted by Crippen LogP contribution is 2.30. The molecule has 1 aromatic heterocycles. The smallest absolute Gasteiger partial charge is 0.258 e. The Morgan fingerprint density at radius 1 is 1.25 bits per heavy atom. The van der Waals surface area contributed by atoms with E-state index < -0.39 is 0 Å². The number of ether oxygens (including phenoxy) is 1. The number of nitrogens with zero attached hydrogens (tertiary/aromatic N) is 1. The van der Waals surface area contributed by atoms with Gasteiger partial charge in [0.15, 0.2) is 6.61 Å². The van der Waals surface area contributed by atoms with Crippen LogP contribution in [-0.2, 0) is 9.59 Å². The van der Waals surface area contributed by atoms with Gasteiger partial charge in [0, 0.05) is 18.0 Å². The fraction of sp³-hybridized carbons (Fsp3) is 0.500. The number of hydrogen-bond acceptors (Lipinski definition) is 4. The molecule has 0 bridgehead atoms. The lowest BCUT2D eigenvalue weighted by Gasteiger charge is -2.07. The Hall–Kier alpha value is -2.11. The summed E-state index contributed by atoms with van der Waals surface area (Å²) in [5.41, 5.74) is 0.650. The van der Waals surface area contributed by atoms with Crippen molar-refractivity contribution >= 4 is 17.5 Å². The Bertz CT molecular complexity index is 507. The van der Waals surface area contributed by atoms with Crippen molar-refractivity contribution in [1.82, 2.24) is 10.3 Å². The first-order chi connectivity index (χ1) is 9.70. The maximum absolute atomic E-state index is 11.6. The van der Waals surface area contributed by atoms with E-state index in [1.807, 2.05) is 0 Å². The highest BCUT2D eigenvalue weighted by Gasteiger charge is 2.29. The van der Waals surface area contributed by atoms with E-state index in [2.05, 4.69) is 15.6 Å². The van der Waals surface area contributed by atoms with Crippen molar-refractivity contribution in [2.24, 2.45) is 5.92 Å². The highest BCUT2D eigenvalue weighted by molar-refractivity contribution is 5.93. The third kappa shape index (κ3) is 3.69. The lowest BCUT2D eigenvalue weighted by Crippen LogP contribution is -2.30. The SMILES string of the molecule is O=C(COc1ccc(NC(=O)C2CC2)cn1)NC1CC1. The molecular weight excluding hydrogens is 258 g/mol. The molecule has 0 aliphatic heterocycles. The van der Waals surface area contributed by atoms with Crippen LogP contribution in [0.1, 0.15) is 25.7 Å². The van der Waals surface area contributed by atoms with Crippen molar-refractivity contribution in [2.75, 3.05) is 11.9 Å². The number of pyridine rings is 1. The van der Waals surface area contributed by atoms with Crippen molar-refractivity contribution in [3.8, 4) is 5.88 Å².